The van der Waals surface area contributed by atoms with Crippen LogP contribution in [0, 0.1) is 15.4 Å². The van der Waals surface area contributed by atoms with Gasteiger partial charge in [-0.2, -0.15) is 0 Å². The minimum atomic E-state index is -5.12. The average Bonchev–Trinajstić information content (AvgIpc) is 2.74. The number of hydrogen-bond acceptors (Lipinski definition) is 5. The Hall–Kier alpha value is -3.12. The first-order valence-electron chi connectivity index (χ1n) is 10.3. The molecule has 0 aliphatic carbocycles. The van der Waals surface area contributed by atoms with Gasteiger partial charge in [-0.15, -0.1) is 26.3 Å². The number of halogens is 7. The molecule has 6 nitrogen and oxygen atoms in total. The van der Waals surface area contributed by atoms with E-state index in [0.29, 0.717) is 15.4 Å². The van der Waals surface area contributed by atoms with Crippen LogP contribution in [0.4, 0.5) is 26.3 Å². The molecule has 0 aromatic heterocycles. The molecule has 37 heavy (non-hydrogen) atoms. The lowest BCUT2D eigenvalue weighted by atomic mass is 10.1. The van der Waals surface area contributed by atoms with Crippen molar-refractivity contribution in [2.75, 3.05) is 13.2 Å². The molecule has 0 aliphatic rings. The van der Waals surface area contributed by atoms with E-state index in [-0.39, 0.29) is 25.2 Å². The van der Waals surface area contributed by atoms with Crippen LogP contribution >= 0.6 is 22.6 Å². The van der Waals surface area contributed by atoms with Gasteiger partial charge in [-0.1, -0.05) is 17.9 Å². The van der Waals surface area contributed by atoms with Gasteiger partial charge in [0.1, 0.15) is 23.9 Å². The van der Waals surface area contributed by atoms with Gasteiger partial charge in [-0.3, -0.25) is 0 Å². The van der Waals surface area contributed by atoms with E-state index in [4.69, 9.17) is 9.47 Å². The first-order valence-corrected chi connectivity index (χ1v) is 11.4. The standard InChI is InChI=1S/C24H19F6IO6/c1-2-34-21(22(32)33)13-16-7-8-20(19(31)12-16)35-9-5-3-4-6-15-10-17(36-23(25,26)27)14-18(11-15)37-24(28,29)30/h3,5,7-8,10-12,14,21H,2,9,13H2,1H3,(H,32,33)/b5-3-. The third kappa shape index (κ3) is 11.6. The number of hydrogen-bond donors (Lipinski definition) is 1. The maximum atomic E-state index is 12.5. The highest BCUT2D eigenvalue weighted by molar-refractivity contribution is 14.1. The van der Waals surface area contributed by atoms with Gasteiger partial charge in [0.15, 0.2) is 6.10 Å². The number of carboxylic acid groups (broad SMARTS) is 1. The smallest absolute Gasteiger partial charge is 0.488 e. The lowest BCUT2D eigenvalue weighted by Crippen LogP contribution is -2.26. The molecule has 1 atom stereocenters. The van der Waals surface area contributed by atoms with Gasteiger partial charge >= 0.3 is 18.7 Å². The molecular formula is C24H19F6IO6. The fourth-order valence-electron chi connectivity index (χ4n) is 2.82. The minimum absolute atomic E-state index is 0.0559. The van der Waals surface area contributed by atoms with Gasteiger partial charge in [-0.05, 0) is 71.5 Å². The van der Waals surface area contributed by atoms with Gasteiger partial charge in [-0.25, -0.2) is 4.79 Å². The Bertz CT molecular complexity index is 1130. The van der Waals surface area contributed by atoms with Crippen molar-refractivity contribution in [2.45, 2.75) is 32.2 Å². The predicted octanol–water partition coefficient (Wildman–Crippen LogP) is 6.11. The molecule has 0 aliphatic heterocycles. The average molecular weight is 644 g/mol. The Kier molecular flexibility index (Phi) is 10.9. The number of alkyl halides is 6. The van der Waals surface area contributed by atoms with Gasteiger partial charge in [0.2, 0.25) is 0 Å². The number of allylic oxidation sites excluding steroid dienone is 1. The molecule has 0 amide bonds. The van der Waals surface area contributed by atoms with E-state index < -0.39 is 36.3 Å². The number of rotatable bonds is 10. The first-order chi connectivity index (χ1) is 17.3. The number of benzene rings is 2. The molecule has 2 rings (SSSR count). The van der Waals surface area contributed by atoms with Crippen molar-refractivity contribution in [3.05, 3.63) is 63.2 Å². The topological polar surface area (TPSA) is 74.2 Å². The Morgan fingerprint density at radius 3 is 2.19 bits per heavy atom. The molecule has 0 bridgehead atoms. The van der Waals surface area contributed by atoms with E-state index in [1.54, 1.807) is 25.1 Å². The number of carboxylic acids is 1. The minimum Gasteiger partial charge on any atom is -0.488 e. The van der Waals surface area contributed by atoms with E-state index in [2.05, 4.69) is 21.3 Å². The summed E-state index contributed by atoms with van der Waals surface area (Å²) in [5.74, 6) is 2.50. The lowest BCUT2D eigenvalue weighted by molar-refractivity contribution is -0.276. The van der Waals surface area contributed by atoms with Crippen molar-refractivity contribution in [3.8, 4) is 29.1 Å². The van der Waals surface area contributed by atoms with E-state index >= 15 is 0 Å². The second-order valence-corrected chi connectivity index (χ2v) is 8.18. The number of ether oxygens (including phenoxy) is 4. The fraction of sp³-hybridized carbons (Fsp3) is 0.292. The van der Waals surface area contributed by atoms with E-state index in [1.165, 1.54) is 12.2 Å². The van der Waals surface area contributed by atoms with Crippen molar-refractivity contribution in [1.82, 2.24) is 0 Å². The summed E-state index contributed by atoms with van der Waals surface area (Å²) in [6, 6.07) is 7.20. The number of carbonyl (C=O) groups is 1. The van der Waals surface area contributed by atoms with Gasteiger partial charge < -0.3 is 24.1 Å². The Balaban J connectivity index is 2.03. The maximum Gasteiger partial charge on any atom is 0.573 e. The van der Waals surface area contributed by atoms with Crippen molar-refractivity contribution in [2.24, 2.45) is 0 Å². The zero-order valence-corrected chi connectivity index (χ0v) is 21.1. The summed E-state index contributed by atoms with van der Waals surface area (Å²) in [7, 11) is 0. The molecule has 1 N–H and O–H groups in total. The SMILES string of the molecule is CCOC(Cc1ccc(OC/C=C\C#Cc2cc(OC(F)(F)F)cc(OC(F)(F)F)c2)c(I)c1)C(=O)O. The Morgan fingerprint density at radius 1 is 1.05 bits per heavy atom. The highest BCUT2D eigenvalue weighted by Crippen LogP contribution is 2.31. The second kappa shape index (κ2) is 13.4. The molecule has 0 spiro atoms. The van der Waals surface area contributed by atoms with Crippen LogP contribution in [-0.4, -0.2) is 43.1 Å². The van der Waals surface area contributed by atoms with Gasteiger partial charge in [0, 0.05) is 24.7 Å². The molecule has 2 aromatic carbocycles. The molecule has 0 fully saturated rings. The van der Waals surface area contributed by atoms with Crippen LogP contribution in [0.2, 0.25) is 0 Å². The number of aliphatic carboxylic acids is 1. The third-order valence-electron chi connectivity index (χ3n) is 4.16. The van der Waals surface area contributed by atoms with Gasteiger partial charge in [0.25, 0.3) is 0 Å². The van der Waals surface area contributed by atoms with Crippen LogP contribution in [0.25, 0.3) is 0 Å². The molecular weight excluding hydrogens is 625 g/mol. The summed E-state index contributed by atoms with van der Waals surface area (Å²) in [6.45, 7) is 2.02. The molecule has 13 heteroatoms. The Morgan fingerprint density at radius 2 is 1.68 bits per heavy atom. The predicted molar refractivity (Wildman–Crippen MR) is 127 cm³/mol. The van der Waals surface area contributed by atoms with Gasteiger partial charge in [0.05, 0.1) is 3.57 Å². The quantitative estimate of drug-likeness (QED) is 0.191. The highest BCUT2D eigenvalue weighted by atomic mass is 127. The van der Waals surface area contributed by atoms with Crippen molar-refractivity contribution in [1.29, 1.82) is 0 Å². The summed E-state index contributed by atoms with van der Waals surface area (Å²) in [5.41, 5.74) is 0.535. The highest BCUT2D eigenvalue weighted by Gasteiger charge is 2.33. The molecule has 0 heterocycles. The second-order valence-electron chi connectivity index (χ2n) is 7.02. The van der Waals surface area contributed by atoms with E-state index in [0.717, 1.165) is 17.7 Å². The summed E-state index contributed by atoms with van der Waals surface area (Å²) in [6.07, 6.45) is -8.23. The molecule has 0 saturated heterocycles. The molecule has 200 valence electrons. The van der Waals surface area contributed by atoms with Crippen molar-refractivity contribution >= 4 is 28.6 Å². The summed E-state index contributed by atoms with van der Waals surface area (Å²) in [5, 5.41) is 9.19. The molecule has 0 radical (unpaired) electrons. The largest absolute Gasteiger partial charge is 0.573 e. The fourth-order valence-corrected chi connectivity index (χ4v) is 3.56. The Labute approximate surface area is 221 Å². The van der Waals surface area contributed by atoms with E-state index in [9.17, 15) is 36.2 Å². The summed E-state index contributed by atoms with van der Waals surface area (Å²) >= 11 is 2.02. The van der Waals surface area contributed by atoms with E-state index in [1.807, 2.05) is 22.6 Å². The monoisotopic (exact) mass is 644 g/mol. The molecule has 2 aromatic rings. The van der Waals surface area contributed by atoms with Crippen LogP contribution in [0.3, 0.4) is 0 Å². The van der Waals surface area contributed by atoms with Crippen LogP contribution in [0.1, 0.15) is 18.1 Å². The summed E-state index contributed by atoms with van der Waals surface area (Å²) < 4.78 is 93.6. The van der Waals surface area contributed by atoms with Crippen LogP contribution in [-0.2, 0) is 16.0 Å². The third-order valence-corrected chi connectivity index (χ3v) is 5.00. The first kappa shape index (κ1) is 30.1. The molecule has 1 unspecified atom stereocenters. The van der Waals surface area contributed by atoms with Crippen LogP contribution < -0.4 is 14.2 Å². The lowest BCUT2D eigenvalue weighted by Gasteiger charge is -2.13. The zero-order chi connectivity index (χ0) is 27.6. The zero-order valence-electron chi connectivity index (χ0n) is 19.0. The van der Waals surface area contributed by atoms with Crippen LogP contribution in [0.15, 0.2) is 48.6 Å². The summed E-state index contributed by atoms with van der Waals surface area (Å²) in [4.78, 5) is 11.2. The maximum absolute atomic E-state index is 12.5. The molecule has 0 saturated carbocycles. The van der Waals surface area contributed by atoms with Crippen molar-refractivity contribution < 1.29 is 55.2 Å². The van der Waals surface area contributed by atoms with Crippen molar-refractivity contribution in [3.63, 3.8) is 0 Å². The van der Waals surface area contributed by atoms with Crippen LogP contribution in [0.5, 0.6) is 17.2 Å². The normalized spacial score (nSPS) is 12.5.